The monoisotopic (exact) mass is 366 g/mol. The van der Waals surface area contributed by atoms with Crippen LogP contribution in [0.3, 0.4) is 0 Å². The molecule has 0 aromatic heterocycles. The van der Waals surface area contributed by atoms with Crippen LogP contribution in [0.1, 0.15) is 54.4 Å². The van der Waals surface area contributed by atoms with Crippen molar-refractivity contribution >= 4 is 11.9 Å². The topological polar surface area (TPSA) is 71.1 Å². The summed E-state index contributed by atoms with van der Waals surface area (Å²) in [5, 5.41) is 0. The van der Waals surface area contributed by atoms with Gasteiger partial charge in [0.15, 0.2) is 0 Å². The van der Waals surface area contributed by atoms with E-state index in [2.05, 4.69) is 0 Å². The van der Waals surface area contributed by atoms with Gasteiger partial charge in [0.25, 0.3) is 0 Å². The first-order chi connectivity index (χ1) is 12.1. The summed E-state index contributed by atoms with van der Waals surface area (Å²) in [4.78, 5) is 42.9. The van der Waals surface area contributed by atoms with E-state index in [4.69, 9.17) is 19.6 Å². The predicted molar refractivity (Wildman–Crippen MR) is 99.7 cm³/mol. The maximum absolute atomic E-state index is 11.5. The molecule has 6 nitrogen and oxygen atoms in total. The van der Waals surface area contributed by atoms with E-state index in [0.717, 1.165) is 0 Å². The summed E-state index contributed by atoms with van der Waals surface area (Å²) in [6.07, 6.45) is 13.7. The van der Waals surface area contributed by atoms with Crippen molar-refractivity contribution in [3.05, 3.63) is 48.6 Å². The van der Waals surface area contributed by atoms with E-state index in [-0.39, 0.29) is 0 Å². The Balaban J connectivity index is 4.32. The Labute approximate surface area is 156 Å². The van der Waals surface area contributed by atoms with Crippen LogP contribution in [0, 0.1) is 0 Å². The number of carbonyl (C=O) groups excluding carboxylic acids is 2. The molecule has 0 N–H and O–H groups in total. The highest BCUT2D eigenvalue weighted by molar-refractivity contribution is 5.82. The molecule has 0 spiro atoms. The van der Waals surface area contributed by atoms with Crippen molar-refractivity contribution in [2.45, 2.75) is 65.6 Å². The summed E-state index contributed by atoms with van der Waals surface area (Å²) in [5.41, 5.74) is -1.44. The quantitative estimate of drug-likeness (QED) is 0.231. The highest BCUT2D eigenvalue weighted by atomic mass is 17.2. The van der Waals surface area contributed by atoms with Crippen LogP contribution < -0.4 is 0 Å². The molecule has 0 heterocycles. The molecule has 0 bridgehead atoms. The first-order valence-corrected chi connectivity index (χ1v) is 8.50. The van der Waals surface area contributed by atoms with Gasteiger partial charge in [-0.1, -0.05) is 36.5 Å². The smallest absolute Gasteiger partial charge is 0.293 e. The minimum atomic E-state index is -0.722. The summed E-state index contributed by atoms with van der Waals surface area (Å²) in [6.45, 7) is 10.8. The number of hydrogen-bond donors (Lipinski definition) is 0. The normalized spacial score (nSPS) is 13.3. The van der Waals surface area contributed by atoms with Crippen LogP contribution >= 0.6 is 0 Å². The lowest BCUT2D eigenvalue weighted by molar-refractivity contribution is -0.337. The molecular weight excluding hydrogens is 336 g/mol. The third-order valence-electron chi connectivity index (χ3n) is 3.10. The molecule has 26 heavy (non-hydrogen) atoms. The lowest BCUT2D eigenvalue weighted by Crippen LogP contribution is -2.32. The molecule has 0 rings (SSSR count). The van der Waals surface area contributed by atoms with E-state index in [0.29, 0.717) is 12.8 Å². The fourth-order valence-corrected chi connectivity index (χ4v) is 1.54. The predicted octanol–water partition coefficient (Wildman–Crippen LogP) is 4.54. The van der Waals surface area contributed by atoms with Crippen molar-refractivity contribution in [2.75, 3.05) is 0 Å². The van der Waals surface area contributed by atoms with Gasteiger partial charge >= 0.3 is 11.9 Å². The van der Waals surface area contributed by atoms with Crippen molar-refractivity contribution < 1.29 is 29.1 Å². The summed E-state index contributed by atoms with van der Waals surface area (Å²) >= 11 is 0. The zero-order valence-electron chi connectivity index (χ0n) is 16.5. The molecule has 0 aromatic carbocycles. The Kier molecular flexibility index (Phi) is 11.2. The Morgan fingerprint density at radius 1 is 0.692 bits per heavy atom. The van der Waals surface area contributed by atoms with Crippen LogP contribution in [-0.2, 0) is 29.1 Å². The molecule has 0 unspecified atom stereocenters. The lowest BCUT2D eigenvalue weighted by Gasteiger charge is -2.28. The standard InChI is InChI=1S/C20H30O6/c1-7-9-11-13-17(21)23-25-19(3,4)15-16-20(5,6)26-24-18(22)14-12-10-8-2/h7-14H,15-16H2,1-6H3. The minimum Gasteiger partial charge on any atom is -0.293 e. The number of carbonyl (C=O) groups is 2. The van der Waals surface area contributed by atoms with Crippen molar-refractivity contribution in [1.82, 2.24) is 0 Å². The molecule has 0 fully saturated rings. The third kappa shape index (κ3) is 13.1. The van der Waals surface area contributed by atoms with E-state index >= 15 is 0 Å². The van der Waals surface area contributed by atoms with Crippen molar-refractivity contribution in [3.63, 3.8) is 0 Å². The molecule has 0 atom stereocenters. The molecule has 0 saturated carbocycles. The van der Waals surface area contributed by atoms with Gasteiger partial charge in [0, 0.05) is 12.2 Å². The highest BCUT2D eigenvalue weighted by Gasteiger charge is 2.29. The number of hydrogen-bond acceptors (Lipinski definition) is 6. The highest BCUT2D eigenvalue weighted by Crippen LogP contribution is 2.25. The first kappa shape index (κ1) is 23.8. The van der Waals surface area contributed by atoms with Gasteiger partial charge < -0.3 is 0 Å². The molecule has 0 aromatic rings. The maximum Gasteiger partial charge on any atom is 0.365 e. The van der Waals surface area contributed by atoms with E-state index in [1.165, 1.54) is 12.2 Å². The molecule has 0 aliphatic carbocycles. The van der Waals surface area contributed by atoms with Gasteiger partial charge in [0.2, 0.25) is 0 Å². The second-order valence-corrected chi connectivity index (χ2v) is 6.76. The average molecular weight is 366 g/mol. The zero-order valence-corrected chi connectivity index (χ0v) is 16.5. The van der Waals surface area contributed by atoms with Gasteiger partial charge in [-0.15, -0.1) is 0 Å². The Morgan fingerprint density at radius 2 is 1.04 bits per heavy atom. The van der Waals surface area contributed by atoms with Gasteiger partial charge in [0.05, 0.1) is 0 Å². The van der Waals surface area contributed by atoms with E-state index in [1.54, 1.807) is 64.2 Å². The van der Waals surface area contributed by atoms with Crippen LogP contribution in [-0.4, -0.2) is 23.1 Å². The van der Waals surface area contributed by atoms with Gasteiger partial charge in [-0.05, 0) is 54.4 Å². The fourth-order valence-electron chi connectivity index (χ4n) is 1.54. The number of allylic oxidation sites excluding steroid dienone is 6. The molecule has 0 radical (unpaired) electrons. The SMILES string of the molecule is CC=CC=CC(=O)OOC(C)(C)CCC(C)(C)OOC(=O)C=CC=CC. The molecule has 0 saturated heterocycles. The fraction of sp³-hybridized carbons (Fsp3) is 0.500. The van der Waals surface area contributed by atoms with E-state index < -0.39 is 23.1 Å². The molecule has 6 heteroatoms. The Morgan fingerprint density at radius 3 is 1.35 bits per heavy atom. The third-order valence-corrected chi connectivity index (χ3v) is 3.10. The van der Waals surface area contributed by atoms with Gasteiger partial charge in [0.1, 0.15) is 11.2 Å². The van der Waals surface area contributed by atoms with Crippen molar-refractivity contribution in [2.24, 2.45) is 0 Å². The van der Waals surface area contributed by atoms with Crippen molar-refractivity contribution in [3.8, 4) is 0 Å². The van der Waals surface area contributed by atoms with Crippen LogP contribution in [0.4, 0.5) is 0 Å². The summed E-state index contributed by atoms with van der Waals surface area (Å²) < 4.78 is 0. The zero-order chi connectivity index (χ0) is 20.1. The van der Waals surface area contributed by atoms with E-state index in [1.807, 2.05) is 13.8 Å². The molecule has 0 amide bonds. The number of rotatable bonds is 11. The second-order valence-electron chi connectivity index (χ2n) is 6.76. The average Bonchev–Trinajstić information content (AvgIpc) is 2.57. The van der Waals surface area contributed by atoms with Gasteiger partial charge in [-0.2, -0.15) is 9.78 Å². The molecular formula is C20H30O6. The second kappa shape index (κ2) is 12.2. The minimum absolute atomic E-state index is 0.512. The maximum atomic E-state index is 11.5. The van der Waals surface area contributed by atoms with Crippen molar-refractivity contribution in [1.29, 1.82) is 0 Å². The molecule has 0 aliphatic heterocycles. The summed E-state index contributed by atoms with van der Waals surface area (Å²) in [5.74, 6) is -1.18. The largest absolute Gasteiger partial charge is 0.365 e. The Bertz CT molecular complexity index is 503. The summed E-state index contributed by atoms with van der Waals surface area (Å²) in [6, 6.07) is 0. The first-order valence-electron chi connectivity index (χ1n) is 8.50. The van der Waals surface area contributed by atoms with E-state index in [9.17, 15) is 9.59 Å². The summed E-state index contributed by atoms with van der Waals surface area (Å²) in [7, 11) is 0. The van der Waals surface area contributed by atoms with Crippen LogP contribution in [0.15, 0.2) is 48.6 Å². The Hall–Kier alpha value is -2.18. The van der Waals surface area contributed by atoms with Crippen LogP contribution in [0.2, 0.25) is 0 Å². The van der Waals surface area contributed by atoms with Crippen LogP contribution in [0.5, 0.6) is 0 Å². The van der Waals surface area contributed by atoms with Gasteiger partial charge in [-0.3, -0.25) is 9.78 Å². The van der Waals surface area contributed by atoms with Crippen LogP contribution in [0.25, 0.3) is 0 Å². The van der Waals surface area contributed by atoms with Gasteiger partial charge in [-0.25, -0.2) is 9.59 Å². The molecule has 146 valence electrons. The molecule has 0 aliphatic rings. The lowest BCUT2D eigenvalue weighted by atomic mass is 9.94.